The Morgan fingerprint density at radius 2 is 1.88 bits per heavy atom. The van der Waals surface area contributed by atoms with Crippen molar-refractivity contribution in [3.8, 4) is 17.3 Å². The van der Waals surface area contributed by atoms with E-state index in [0.717, 1.165) is 5.56 Å². The zero-order chi connectivity index (χ0) is 10.8. The molecule has 16 heavy (non-hydrogen) atoms. The van der Waals surface area contributed by atoms with Crippen LogP contribution in [-0.2, 0) is 0 Å². The molecule has 0 atom stereocenters. The minimum Gasteiger partial charge on any atom is -0.445 e. The molecule has 2 aromatic heterocycles. The van der Waals surface area contributed by atoms with Crippen molar-refractivity contribution in [2.24, 2.45) is 0 Å². The molecule has 78 valence electrons. The van der Waals surface area contributed by atoms with Crippen molar-refractivity contribution in [2.75, 3.05) is 0 Å². The number of tetrazole rings is 1. The van der Waals surface area contributed by atoms with Crippen molar-refractivity contribution in [1.29, 1.82) is 0 Å². The average molecular weight is 212 g/mol. The Hall–Kier alpha value is -2.43. The quantitative estimate of drug-likeness (QED) is 0.651. The van der Waals surface area contributed by atoms with Crippen LogP contribution < -0.4 is 0 Å². The molecule has 0 N–H and O–H groups in total. The molecule has 5 heteroatoms. The van der Waals surface area contributed by atoms with E-state index in [4.69, 9.17) is 4.42 Å². The van der Waals surface area contributed by atoms with Crippen molar-refractivity contribution >= 4 is 0 Å². The smallest absolute Gasteiger partial charge is 0.239 e. The van der Waals surface area contributed by atoms with Gasteiger partial charge in [0.05, 0.1) is 6.26 Å². The monoisotopic (exact) mass is 212 g/mol. The Balaban J connectivity index is 2.00. The largest absolute Gasteiger partial charge is 0.445 e. The van der Waals surface area contributed by atoms with Crippen LogP contribution in [0, 0.1) is 0 Å². The van der Waals surface area contributed by atoms with Crippen LogP contribution >= 0.6 is 0 Å². The molecule has 0 aliphatic rings. The first-order valence-corrected chi connectivity index (χ1v) is 4.83. The molecule has 0 radical (unpaired) electrons. The van der Waals surface area contributed by atoms with Gasteiger partial charge in [0.2, 0.25) is 11.7 Å². The van der Waals surface area contributed by atoms with E-state index in [0.29, 0.717) is 11.7 Å². The lowest BCUT2D eigenvalue weighted by atomic mass is 10.2. The summed E-state index contributed by atoms with van der Waals surface area (Å²) in [7, 11) is 0. The molecular formula is C11H8N4O. The van der Waals surface area contributed by atoms with E-state index in [1.807, 2.05) is 30.3 Å². The summed E-state index contributed by atoms with van der Waals surface area (Å²) in [6.45, 7) is 0. The first-order valence-electron chi connectivity index (χ1n) is 4.83. The minimum atomic E-state index is 0.551. The van der Waals surface area contributed by atoms with Gasteiger partial charge in [-0.1, -0.05) is 35.1 Å². The molecule has 0 aliphatic heterocycles. The minimum absolute atomic E-state index is 0.551. The molecule has 2 heterocycles. The molecule has 1 aromatic carbocycles. The van der Waals surface area contributed by atoms with Crippen molar-refractivity contribution in [3.63, 3.8) is 0 Å². The molecule has 0 bridgehead atoms. The molecule has 0 unspecified atom stereocenters. The average Bonchev–Trinajstić information content (AvgIpc) is 3.01. The highest BCUT2D eigenvalue weighted by Crippen LogP contribution is 2.13. The van der Waals surface area contributed by atoms with Gasteiger partial charge in [-0.15, -0.1) is 10.2 Å². The van der Waals surface area contributed by atoms with Gasteiger partial charge in [-0.3, -0.25) is 0 Å². The Labute approximate surface area is 91.3 Å². The third-order valence-electron chi connectivity index (χ3n) is 2.15. The van der Waals surface area contributed by atoms with Crippen LogP contribution in [0.3, 0.4) is 0 Å². The second-order valence-corrected chi connectivity index (χ2v) is 3.22. The highest BCUT2D eigenvalue weighted by Gasteiger charge is 2.07. The van der Waals surface area contributed by atoms with Gasteiger partial charge < -0.3 is 4.42 Å². The number of hydrogen-bond acceptors (Lipinski definition) is 4. The van der Waals surface area contributed by atoms with Gasteiger partial charge in [-0.2, -0.15) is 0 Å². The Kier molecular flexibility index (Phi) is 2.00. The SMILES string of the molecule is c1ccc(-c2nnn(-c3ccco3)n2)cc1. The fraction of sp³-hybridized carbons (Fsp3) is 0. The number of aromatic nitrogens is 4. The van der Waals surface area contributed by atoms with Gasteiger partial charge in [0, 0.05) is 11.6 Å². The summed E-state index contributed by atoms with van der Waals surface area (Å²) in [5.41, 5.74) is 0.931. The normalized spacial score (nSPS) is 10.5. The Morgan fingerprint density at radius 3 is 2.62 bits per heavy atom. The van der Waals surface area contributed by atoms with E-state index >= 15 is 0 Å². The number of furan rings is 1. The number of nitrogens with zero attached hydrogens (tertiary/aromatic N) is 4. The van der Waals surface area contributed by atoms with Crippen molar-refractivity contribution in [2.45, 2.75) is 0 Å². The zero-order valence-corrected chi connectivity index (χ0v) is 8.32. The fourth-order valence-corrected chi connectivity index (χ4v) is 1.39. The van der Waals surface area contributed by atoms with Gasteiger partial charge in [0.15, 0.2) is 0 Å². The predicted octanol–water partition coefficient (Wildman–Crippen LogP) is 1.92. The van der Waals surface area contributed by atoms with Gasteiger partial charge in [0.25, 0.3) is 0 Å². The van der Waals surface area contributed by atoms with E-state index in [2.05, 4.69) is 15.4 Å². The molecular weight excluding hydrogens is 204 g/mol. The first kappa shape index (κ1) is 8.84. The Bertz CT molecular complexity index is 571. The molecule has 0 spiro atoms. The topological polar surface area (TPSA) is 56.7 Å². The van der Waals surface area contributed by atoms with Crippen molar-refractivity contribution in [3.05, 3.63) is 48.7 Å². The van der Waals surface area contributed by atoms with Crippen LogP contribution in [0.2, 0.25) is 0 Å². The van der Waals surface area contributed by atoms with Crippen molar-refractivity contribution < 1.29 is 4.42 Å². The third kappa shape index (κ3) is 1.48. The maximum Gasteiger partial charge on any atom is 0.239 e. The highest BCUT2D eigenvalue weighted by molar-refractivity contribution is 5.53. The molecule has 0 saturated carbocycles. The van der Waals surface area contributed by atoms with E-state index in [-0.39, 0.29) is 0 Å². The highest BCUT2D eigenvalue weighted by atomic mass is 16.3. The van der Waals surface area contributed by atoms with Crippen LogP contribution in [0.1, 0.15) is 0 Å². The molecule has 5 nitrogen and oxygen atoms in total. The van der Waals surface area contributed by atoms with Crippen LogP contribution in [-0.4, -0.2) is 20.2 Å². The van der Waals surface area contributed by atoms with E-state index < -0.39 is 0 Å². The summed E-state index contributed by atoms with van der Waals surface area (Å²) in [5, 5.41) is 12.1. The summed E-state index contributed by atoms with van der Waals surface area (Å²) in [6.07, 6.45) is 1.57. The lowest BCUT2D eigenvalue weighted by Crippen LogP contribution is -1.96. The van der Waals surface area contributed by atoms with Gasteiger partial charge in [-0.05, 0) is 11.3 Å². The summed E-state index contributed by atoms with van der Waals surface area (Å²) in [6, 6.07) is 13.2. The van der Waals surface area contributed by atoms with Crippen LogP contribution in [0.5, 0.6) is 0 Å². The molecule has 0 aliphatic carbocycles. The number of rotatable bonds is 2. The van der Waals surface area contributed by atoms with Gasteiger partial charge in [-0.25, -0.2) is 0 Å². The Morgan fingerprint density at radius 1 is 1.00 bits per heavy atom. The zero-order valence-electron chi connectivity index (χ0n) is 8.32. The van der Waals surface area contributed by atoms with Gasteiger partial charge in [0.1, 0.15) is 0 Å². The molecule has 3 aromatic rings. The lowest BCUT2D eigenvalue weighted by molar-refractivity contribution is 0.494. The maximum absolute atomic E-state index is 5.17. The fourth-order valence-electron chi connectivity index (χ4n) is 1.39. The molecule has 0 fully saturated rings. The standard InChI is InChI=1S/C11H8N4O/c1-2-5-9(6-3-1)11-12-14-15(13-11)10-7-4-8-16-10/h1-8H. The van der Waals surface area contributed by atoms with Crippen LogP contribution in [0.15, 0.2) is 53.1 Å². The van der Waals surface area contributed by atoms with E-state index in [9.17, 15) is 0 Å². The molecule has 0 saturated heterocycles. The summed E-state index contributed by atoms with van der Waals surface area (Å²) in [5.74, 6) is 1.13. The molecule has 3 rings (SSSR count). The van der Waals surface area contributed by atoms with Crippen molar-refractivity contribution in [1.82, 2.24) is 20.2 Å². The summed E-state index contributed by atoms with van der Waals surface area (Å²) < 4.78 is 5.17. The number of hydrogen-bond donors (Lipinski definition) is 0. The molecule has 0 amide bonds. The first-order chi connectivity index (χ1) is 7.93. The van der Waals surface area contributed by atoms with E-state index in [1.165, 1.54) is 4.80 Å². The predicted molar refractivity (Wildman–Crippen MR) is 56.9 cm³/mol. The second kappa shape index (κ2) is 3.62. The summed E-state index contributed by atoms with van der Waals surface area (Å²) >= 11 is 0. The second-order valence-electron chi connectivity index (χ2n) is 3.22. The van der Waals surface area contributed by atoms with Crippen LogP contribution in [0.25, 0.3) is 17.3 Å². The maximum atomic E-state index is 5.17. The van der Waals surface area contributed by atoms with Gasteiger partial charge >= 0.3 is 0 Å². The van der Waals surface area contributed by atoms with E-state index in [1.54, 1.807) is 18.4 Å². The summed E-state index contributed by atoms with van der Waals surface area (Å²) in [4.78, 5) is 1.36. The number of benzene rings is 1. The van der Waals surface area contributed by atoms with Crippen LogP contribution in [0.4, 0.5) is 0 Å². The lowest BCUT2D eigenvalue weighted by Gasteiger charge is -1.91. The third-order valence-corrected chi connectivity index (χ3v) is 2.15.